The van der Waals surface area contributed by atoms with E-state index in [4.69, 9.17) is 9.47 Å². The molecule has 0 saturated carbocycles. The van der Waals surface area contributed by atoms with Crippen LogP contribution >= 0.6 is 0 Å². The zero-order valence-corrected chi connectivity index (χ0v) is 7.73. The van der Waals surface area contributed by atoms with Crippen LogP contribution in [0.3, 0.4) is 0 Å². The van der Waals surface area contributed by atoms with E-state index in [0.29, 0.717) is 6.61 Å². The minimum Gasteiger partial charge on any atom is -0.462 e. The zero-order chi connectivity index (χ0) is 10.4. The van der Waals surface area contributed by atoms with E-state index < -0.39 is 11.9 Å². The summed E-state index contributed by atoms with van der Waals surface area (Å²) in [5, 5.41) is 0. The first kappa shape index (κ1) is 10.7. The lowest BCUT2D eigenvalue weighted by Crippen LogP contribution is -2.16. The Morgan fingerprint density at radius 2 is 2.07 bits per heavy atom. The van der Waals surface area contributed by atoms with Crippen LogP contribution in [0.2, 0.25) is 0 Å². The van der Waals surface area contributed by atoms with Crippen LogP contribution < -0.4 is 0 Å². The maximum atomic E-state index is 10.9. The van der Waals surface area contributed by atoms with Crippen molar-refractivity contribution < 1.29 is 23.8 Å². The Balaban J connectivity index is 2.05. The van der Waals surface area contributed by atoms with Gasteiger partial charge in [-0.15, -0.1) is 0 Å². The largest absolute Gasteiger partial charge is 0.462 e. The Kier molecular flexibility index (Phi) is 4.12. The Labute approximate surface area is 81.6 Å². The molecule has 0 N–H and O–H groups in total. The predicted octanol–water partition coefficient (Wildman–Crippen LogP) is 0.0477. The van der Waals surface area contributed by atoms with Crippen molar-refractivity contribution in [3.8, 4) is 0 Å². The Morgan fingerprint density at radius 1 is 1.43 bits per heavy atom. The fraction of sp³-hybridized carbons (Fsp3) is 0.556. The summed E-state index contributed by atoms with van der Waals surface area (Å²) in [6, 6.07) is 0. The van der Waals surface area contributed by atoms with E-state index in [1.165, 1.54) is 6.08 Å². The van der Waals surface area contributed by atoms with E-state index in [1.807, 2.05) is 0 Å². The van der Waals surface area contributed by atoms with Crippen molar-refractivity contribution >= 4 is 11.9 Å². The van der Waals surface area contributed by atoms with Gasteiger partial charge in [0.15, 0.2) is 0 Å². The monoisotopic (exact) mass is 200 g/mol. The number of rotatable bonds is 6. The first-order chi connectivity index (χ1) is 6.72. The summed E-state index contributed by atoms with van der Waals surface area (Å²) < 4.78 is 14.1. The van der Waals surface area contributed by atoms with Crippen molar-refractivity contribution in [2.24, 2.45) is 0 Å². The molecule has 78 valence electrons. The highest BCUT2D eigenvalue weighted by atomic mass is 16.6. The van der Waals surface area contributed by atoms with Crippen LogP contribution in [-0.4, -0.2) is 37.9 Å². The lowest BCUT2D eigenvalue weighted by Gasteiger charge is -2.02. The lowest BCUT2D eigenvalue weighted by atomic mass is 10.4. The smallest absolute Gasteiger partial charge is 0.317 e. The molecule has 1 heterocycles. The van der Waals surface area contributed by atoms with Gasteiger partial charge in [0.05, 0.1) is 6.61 Å². The number of ether oxygens (including phenoxy) is 3. The summed E-state index contributed by atoms with van der Waals surface area (Å²) in [6.07, 6.45) is 1.09. The molecule has 14 heavy (non-hydrogen) atoms. The molecular formula is C9H12O5. The second-order valence-corrected chi connectivity index (χ2v) is 2.79. The molecule has 1 atom stereocenters. The average Bonchev–Trinajstić information content (AvgIpc) is 2.95. The number of carbonyl (C=O) groups excluding carboxylic acids is 2. The Hall–Kier alpha value is -1.36. The quantitative estimate of drug-likeness (QED) is 0.262. The Morgan fingerprint density at radius 3 is 2.64 bits per heavy atom. The molecule has 0 bridgehead atoms. The van der Waals surface area contributed by atoms with E-state index in [-0.39, 0.29) is 25.7 Å². The summed E-state index contributed by atoms with van der Waals surface area (Å²) in [5.74, 6) is -1.19. The van der Waals surface area contributed by atoms with Gasteiger partial charge in [-0.3, -0.25) is 9.59 Å². The summed E-state index contributed by atoms with van der Waals surface area (Å²) in [6.45, 7) is 4.31. The molecule has 1 aliphatic rings. The normalized spacial score (nSPS) is 18.4. The van der Waals surface area contributed by atoms with Crippen molar-refractivity contribution in [1.82, 2.24) is 0 Å². The molecule has 1 rings (SSSR count). The third-order valence-corrected chi connectivity index (χ3v) is 1.48. The van der Waals surface area contributed by atoms with E-state index in [1.54, 1.807) is 0 Å². The zero-order valence-electron chi connectivity index (χ0n) is 7.73. The van der Waals surface area contributed by atoms with Gasteiger partial charge >= 0.3 is 11.9 Å². The van der Waals surface area contributed by atoms with E-state index in [2.05, 4.69) is 11.3 Å². The predicted molar refractivity (Wildman–Crippen MR) is 46.5 cm³/mol. The topological polar surface area (TPSA) is 65.1 Å². The summed E-state index contributed by atoms with van der Waals surface area (Å²) in [4.78, 5) is 21.8. The number of esters is 2. The average molecular weight is 200 g/mol. The first-order valence-electron chi connectivity index (χ1n) is 4.26. The van der Waals surface area contributed by atoms with Crippen molar-refractivity contribution in [2.45, 2.75) is 12.5 Å². The molecule has 1 saturated heterocycles. The van der Waals surface area contributed by atoms with Gasteiger partial charge in [-0.2, -0.15) is 0 Å². The van der Waals surface area contributed by atoms with E-state index >= 15 is 0 Å². The number of hydrogen-bond donors (Lipinski definition) is 0. The molecule has 0 amide bonds. The van der Waals surface area contributed by atoms with Gasteiger partial charge in [0.2, 0.25) is 0 Å². The molecule has 1 aliphatic heterocycles. The lowest BCUT2D eigenvalue weighted by molar-refractivity contribution is -0.154. The minimum atomic E-state index is -0.605. The van der Waals surface area contributed by atoms with E-state index in [0.717, 1.165) is 0 Å². The van der Waals surface area contributed by atoms with Crippen LogP contribution in [0.5, 0.6) is 0 Å². The maximum Gasteiger partial charge on any atom is 0.317 e. The van der Waals surface area contributed by atoms with E-state index in [9.17, 15) is 9.59 Å². The van der Waals surface area contributed by atoms with Gasteiger partial charge < -0.3 is 14.2 Å². The number of carbonyl (C=O) groups is 2. The third-order valence-electron chi connectivity index (χ3n) is 1.48. The van der Waals surface area contributed by atoms with Gasteiger partial charge in [0.1, 0.15) is 25.7 Å². The molecule has 0 aromatic heterocycles. The van der Waals surface area contributed by atoms with Gasteiger partial charge in [-0.1, -0.05) is 12.7 Å². The van der Waals surface area contributed by atoms with Crippen LogP contribution in [0.4, 0.5) is 0 Å². The van der Waals surface area contributed by atoms with Gasteiger partial charge in [-0.05, 0) is 0 Å². The standard InChI is InChI=1S/C9H12O5/c1-2-3-12-8(10)4-9(11)14-6-7-5-13-7/h2,7H,1,3-6H2. The fourth-order valence-electron chi connectivity index (χ4n) is 0.722. The maximum absolute atomic E-state index is 10.9. The van der Waals surface area contributed by atoms with Gasteiger partial charge in [0.25, 0.3) is 0 Å². The van der Waals surface area contributed by atoms with Gasteiger partial charge in [0, 0.05) is 0 Å². The number of hydrogen-bond acceptors (Lipinski definition) is 5. The SMILES string of the molecule is C=CCOC(=O)CC(=O)OCC1CO1. The molecule has 1 fully saturated rings. The summed E-state index contributed by atoms with van der Waals surface area (Å²) >= 11 is 0. The third kappa shape index (κ3) is 4.61. The number of epoxide rings is 1. The van der Waals surface area contributed by atoms with Crippen molar-refractivity contribution in [3.05, 3.63) is 12.7 Å². The highest BCUT2D eigenvalue weighted by Crippen LogP contribution is 2.08. The highest BCUT2D eigenvalue weighted by Gasteiger charge is 2.24. The summed E-state index contributed by atoms with van der Waals surface area (Å²) in [7, 11) is 0. The van der Waals surface area contributed by atoms with Gasteiger partial charge in [-0.25, -0.2) is 0 Å². The molecule has 5 heteroatoms. The Bertz CT molecular complexity index is 231. The highest BCUT2D eigenvalue weighted by molar-refractivity contribution is 5.91. The van der Waals surface area contributed by atoms with Crippen LogP contribution in [-0.2, 0) is 23.8 Å². The fourth-order valence-corrected chi connectivity index (χ4v) is 0.722. The van der Waals surface area contributed by atoms with Crippen LogP contribution in [0.25, 0.3) is 0 Å². The molecule has 0 aromatic carbocycles. The first-order valence-corrected chi connectivity index (χ1v) is 4.26. The van der Waals surface area contributed by atoms with Crippen LogP contribution in [0.15, 0.2) is 12.7 Å². The molecule has 0 spiro atoms. The second kappa shape index (κ2) is 5.39. The van der Waals surface area contributed by atoms with Crippen LogP contribution in [0.1, 0.15) is 6.42 Å². The molecular weight excluding hydrogens is 188 g/mol. The molecule has 5 nitrogen and oxygen atoms in total. The molecule has 0 radical (unpaired) electrons. The molecule has 1 unspecified atom stereocenters. The molecule has 0 aliphatic carbocycles. The minimum absolute atomic E-state index is 0.0168. The van der Waals surface area contributed by atoms with Crippen molar-refractivity contribution in [1.29, 1.82) is 0 Å². The second-order valence-electron chi connectivity index (χ2n) is 2.79. The van der Waals surface area contributed by atoms with Crippen LogP contribution in [0, 0.1) is 0 Å². The summed E-state index contributed by atoms with van der Waals surface area (Å²) in [5.41, 5.74) is 0. The van der Waals surface area contributed by atoms with Crippen molar-refractivity contribution in [3.63, 3.8) is 0 Å². The van der Waals surface area contributed by atoms with Crippen molar-refractivity contribution in [2.75, 3.05) is 19.8 Å². The molecule has 0 aromatic rings.